The Morgan fingerprint density at radius 2 is 1.89 bits per heavy atom. The summed E-state index contributed by atoms with van der Waals surface area (Å²) in [6, 6.07) is 0. The number of esters is 1. The Balaban J connectivity index is 3.08. The third kappa shape index (κ3) is 13.4. The lowest BCUT2D eigenvalue weighted by atomic mass is 10.3. The van der Waals surface area contributed by atoms with Crippen LogP contribution in [0, 0.1) is 0 Å². The molecule has 0 saturated carbocycles. The zero-order valence-corrected chi connectivity index (χ0v) is 11.7. The van der Waals surface area contributed by atoms with Crippen molar-refractivity contribution < 1.29 is 19.0 Å². The lowest BCUT2D eigenvalue weighted by Crippen LogP contribution is -2.26. The highest BCUT2D eigenvalue weighted by atomic mass is 16.5. The first-order chi connectivity index (χ1) is 8.81. The molecule has 0 heterocycles. The van der Waals surface area contributed by atoms with Crippen molar-refractivity contribution in [2.24, 2.45) is 0 Å². The SMILES string of the molecule is CCCCOC(=O)CNCCCCOCCOC. The molecule has 0 aromatic heterocycles. The summed E-state index contributed by atoms with van der Waals surface area (Å²) in [5, 5.41) is 3.06. The summed E-state index contributed by atoms with van der Waals surface area (Å²) in [6.07, 6.45) is 3.96. The second-order valence-electron chi connectivity index (χ2n) is 4.06. The monoisotopic (exact) mass is 261 g/mol. The Hall–Kier alpha value is -0.650. The van der Waals surface area contributed by atoms with Gasteiger partial charge in [0.2, 0.25) is 0 Å². The molecule has 0 amide bonds. The van der Waals surface area contributed by atoms with Crippen LogP contribution in [0.25, 0.3) is 0 Å². The number of nitrogens with one attached hydrogen (secondary N) is 1. The maximum absolute atomic E-state index is 11.2. The topological polar surface area (TPSA) is 56.8 Å². The van der Waals surface area contributed by atoms with E-state index in [1.54, 1.807) is 7.11 Å². The molecule has 0 saturated heterocycles. The van der Waals surface area contributed by atoms with Crippen LogP contribution in [0.4, 0.5) is 0 Å². The predicted octanol–water partition coefficient (Wildman–Crippen LogP) is 1.36. The number of rotatable bonds is 13. The largest absolute Gasteiger partial charge is 0.465 e. The number of hydrogen-bond acceptors (Lipinski definition) is 5. The van der Waals surface area contributed by atoms with E-state index >= 15 is 0 Å². The highest BCUT2D eigenvalue weighted by Gasteiger charge is 2.00. The van der Waals surface area contributed by atoms with Crippen molar-refractivity contribution in [3.05, 3.63) is 0 Å². The van der Waals surface area contributed by atoms with Crippen LogP contribution in [0.15, 0.2) is 0 Å². The molecule has 1 N–H and O–H groups in total. The van der Waals surface area contributed by atoms with E-state index in [0.717, 1.165) is 38.8 Å². The first-order valence-electron chi connectivity index (χ1n) is 6.74. The molecule has 0 radical (unpaired) electrons. The summed E-state index contributed by atoms with van der Waals surface area (Å²) in [4.78, 5) is 11.2. The van der Waals surface area contributed by atoms with Gasteiger partial charge in [-0.3, -0.25) is 4.79 Å². The second-order valence-corrected chi connectivity index (χ2v) is 4.06. The van der Waals surface area contributed by atoms with E-state index < -0.39 is 0 Å². The van der Waals surface area contributed by atoms with Crippen molar-refractivity contribution in [3.63, 3.8) is 0 Å². The molecular weight excluding hydrogens is 234 g/mol. The third-order valence-corrected chi connectivity index (χ3v) is 2.35. The van der Waals surface area contributed by atoms with Crippen LogP contribution in [0.3, 0.4) is 0 Å². The van der Waals surface area contributed by atoms with Gasteiger partial charge in [-0.2, -0.15) is 0 Å². The van der Waals surface area contributed by atoms with Crippen molar-refractivity contribution in [2.75, 3.05) is 46.6 Å². The normalized spacial score (nSPS) is 10.6. The molecule has 0 bridgehead atoms. The number of methoxy groups -OCH3 is 1. The van der Waals surface area contributed by atoms with Gasteiger partial charge in [-0.05, 0) is 25.8 Å². The van der Waals surface area contributed by atoms with Crippen molar-refractivity contribution in [1.29, 1.82) is 0 Å². The first kappa shape index (κ1) is 17.4. The summed E-state index contributed by atoms with van der Waals surface area (Å²) in [6.45, 7) is 5.75. The van der Waals surface area contributed by atoms with Crippen molar-refractivity contribution in [1.82, 2.24) is 5.32 Å². The Kier molecular flexibility index (Phi) is 13.9. The van der Waals surface area contributed by atoms with Gasteiger partial charge in [0, 0.05) is 13.7 Å². The highest BCUT2D eigenvalue weighted by Crippen LogP contribution is 1.90. The molecule has 18 heavy (non-hydrogen) atoms. The van der Waals surface area contributed by atoms with Crippen molar-refractivity contribution in [2.45, 2.75) is 32.6 Å². The maximum Gasteiger partial charge on any atom is 0.319 e. The number of carbonyl (C=O) groups is 1. The van der Waals surface area contributed by atoms with Gasteiger partial charge in [0.1, 0.15) is 0 Å². The molecule has 0 atom stereocenters. The van der Waals surface area contributed by atoms with Gasteiger partial charge in [0.15, 0.2) is 0 Å². The van der Waals surface area contributed by atoms with E-state index in [1.807, 2.05) is 0 Å². The van der Waals surface area contributed by atoms with Gasteiger partial charge in [0.25, 0.3) is 0 Å². The molecule has 0 aliphatic heterocycles. The van der Waals surface area contributed by atoms with Gasteiger partial charge >= 0.3 is 5.97 Å². The van der Waals surface area contributed by atoms with E-state index in [4.69, 9.17) is 14.2 Å². The van der Waals surface area contributed by atoms with E-state index in [-0.39, 0.29) is 5.97 Å². The minimum absolute atomic E-state index is 0.167. The number of hydrogen-bond donors (Lipinski definition) is 1. The summed E-state index contributed by atoms with van der Waals surface area (Å²) >= 11 is 0. The van der Waals surface area contributed by atoms with Crippen molar-refractivity contribution >= 4 is 5.97 Å². The molecule has 0 rings (SSSR count). The van der Waals surface area contributed by atoms with Crippen LogP contribution in [-0.4, -0.2) is 52.6 Å². The molecule has 0 spiro atoms. The van der Waals surface area contributed by atoms with E-state index in [2.05, 4.69) is 12.2 Å². The predicted molar refractivity (Wildman–Crippen MR) is 70.7 cm³/mol. The fraction of sp³-hybridized carbons (Fsp3) is 0.923. The molecule has 0 aromatic rings. The molecule has 0 aliphatic carbocycles. The number of ether oxygens (including phenoxy) is 3. The Labute approximate surface area is 110 Å². The molecule has 0 unspecified atom stereocenters. The third-order valence-electron chi connectivity index (χ3n) is 2.35. The van der Waals surface area contributed by atoms with Gasteiger partial charge < -0.3 is 19.5 Å². The van der Waals surface area contributed by atoms with Gasteiger partial charge in [-0.15, -0.1) is 0 Å². The summed E-state index contributed by atoms with van der Waals surface area (Å²) in [5.74, 6) is -0.167. The van der Waals surface area contributed by atoms with Gasteiger partial charge in [-0.1, -0.05) is 13.3 Å². The van der Waals surface area contributed by atoms with E-state index in [9.17, 15) is 4.79 Å². The minimum atomic E-state index is -0.167. The van der Waals surface area contributed by atoms with Crippen LogP contribution in [-0.2, 0) is 19.0 Å². The Morgan fingerprint density at radius 1 is 1.06 bits per heavy atom. The van der Waals surface area contributed by atoms with Crippen LogP contribution in [0.1, 0.15) is 32.6 Å². The average Bonchev–Trinajstić information content (AvgIpc) is 2.37. The molecule has 0 aromatic carbocycles. The van der Waals surface area contributed by atoms with Gasteiger partial charge in [-0.25, -0.2) is 0 Å². The van der Waals surface area contributed by atoms with Crippen LogP contribution >= 0.6 is 0 Å². The summed E-state index contributed by atoms with van der Waals surface area (Å²) in [5.41, 5.74) is 0. The highest BCUT2D eigenvalue weighted by molar-refractivity contribution is 5.71. The molecule has 5 nitrogen and oxygen atoms in total. The first-order valence-corrected chi connectivity index (χ1v) is 6.74. The molecular formula is C13H27NO4. The summed E-state index contributed by atoms with van der Waals surface area (Å²) < 4.78 is 15.2. The fourth-order valence-corrected chi connectivity index (χ4v) is 1.27. The zero-order chi connectivity index (χ0) is 13.5. The quantitative estimate of drug-likeness (QED) is 0.401. The van der Waals surface area contributed by atoms with Crippen LogP contribution < -0.4 is 5.32 Å². The lowest BCUT2D eigenvalue weighted by Gasteiger charge is -2.06. The molecule has 0 fully saturated rings. The lowest BCUT2D eigenvalue weighted by molar-refractivity contribution is -0.142. The maximum atomic E-state index is 11.2. The summed E-state index contributed by atoms with van der Waals surface area (Å²) in [7, 11) is 1.66. The van der Waals surface area contributed by atoms with Gasteiger partial charge in [0.05, 0.1) is 26.4 Å². The second kappa shape index (κ2) is 14.4. The Bertz CT molecular complexity index is 188. The Morgan fingerprint density at radius 3 is 2.61 bits per heavy atom. The van der Waals surface area contributed by atoms with E-state index in [1.165, 1.54) is 0 Å². The zero-order valence-electron chi connectivity index (χ0n) is 11.7. The number of unbranched alkanes of at least 4 members (excludes halogenated alkanes) is 2. The minimum Gasteiger partial charge on any atom is -0.465 e. The van der Waals surface area contributed by atoms with Crippen LogP contribution in [0.2, 0.25) is 0 Å². The average molecular weight is 261 g/mol. The molecule has 0 aliphatic rings. The number of carbonyl (C=O) groups excluding carboxylic acids is 1. The smallest absolute Gasteiger partial charge is 0.319 e. The fourth-order valence-electron chi connectivity index (χ4n) is 1.27. The molecule has 108 valence electrons. The van der Waals surface area contributed by atoms with Crippen molar-refractivity contribution in [3.8, 4) is 0 Å². The standard InChI is InChI=1S/C13H27NO4/c1-3-4-9-18-13(15)12-14-7-5-6-8-17-11-10-16-2/h14H,3-12H2,1-2H3. The van der Waals surface area contributed by atoms with Crippen LogP contribution in [0.5, 0.6) is 0 Å². The van der Waals surface area contributed by atoms with E-state index in [0.29, 0.717) is 26.4 Å². The molecule has 5 heteroatoms.